The summed E-state index contributed by atoms with van der Waals surface area (Å²) in [7, 11) is 1.51. The summed E-state index contributed by atoms with van der Waals surface area (Å²) in [6.45, 7) is 2.53. The van der Waals surface area contributed by atoms with E-state index in [1.54, 1.807) is 12.3 Å². The fraction of sp³-hybridized carbons (Fsp3) is 0.333. The molecule has 3 rings (SSSR count). The van der Waals surface area contributed by atoms with Crippen LogP contribution in [0.3, 0.4) is 0 Å². The van der Waals surface area contributed by atoms with Gasteiger partial charge in [0.25, 0.3) is 5.92 Å². The van der Waals surface area contributed by atoms with E-state index in [0.29, 0.717) is 10.4 Å². The van der Waals surface area contributed by atoms with Gasteiger partial charge in [0.1, 0.15) is 11.3 Å². The second kappa shape index (κ2) is 6.05. The van der Waals surface area contributed by atoms with E-state index in [2.05, 4.69) is 4.99 Å². The molecule has 1 amide bonds. The van der Waals surface area contributed by atoms with Crippen LogP contribution in [0.2, 0.25) is 0 Å². The van der Waals surface area contributed by atoms with E-state index in [9.17, 15) is 18.7 Å². The maximum Gasteiger partial charge on any atom is 0.270 e. The number of aliphatic imine (C=N–C) groups is 1. The van der Waals surface area contributed by atoms with Crippen molar-refractivity contribution in [1.29, 1.82) is 0 Å². The van der Waals surface area contributed by atoms with Crippen molar-refractivity contribution < 1.29 is 18.7 Å². The Hall–Kier alpha value is -2.48. The quantitative estimate of drug-likeness (QED) is 0.858. The first-order valence-corrected chi connectivity index (χ1v) is 8.81. The molecule has 0 aliphatic carbocycles. The van der Waals surface area contributed by atoms with Gasteiger partial charge >= 0.3 is 0 Å². The van der Waals surface area contributed by atoms with Crippen LogP contribution >= 0.6 is 11.3 Å². The standard InChI is InChI=1S/C18H19F2N3O2S/c1-17(14-12(24)8-9-26-14)13(15(25)23(3)16(21)22-17)10-4-6-11(7-5-10)18(2,19)20/h4-9,13,24H,1-3H3,(H2,21,22)/t13?,17-/m0/s1. The number of benzene rings is 1. The Kier molecular flexibility index (Phi) is 4.26. The SMILES string of the molecule is CN1C(=O)C(c2ccc(C(C)(F)F)cc2)[C@@](C)(c2sccc2O)N=C1N. The molecule has 138 valence electrons. The van der Waals surface area contributed by atoms with Gasteiger partial charge in [0.15, 0.2) is 5.96 Å². The molecule has 1 aromatic heterocycles. The topological polar surface area (TPSA) is 78.9 Å². The van der Waals surface area contributed by atoms with Crippen molar-refractivity contribution >= 4 is 23.2 Å². The molecule has 1 aliphatic rings. The highest BCUT2D eigenvalue weighted by molar-refractivity contribution is 7.10. The minimum atomic E-state index is -2.97. The predicted molar refractivity (Wildman–Crippen MR) is 96.5 cm³/mol. The van der Waals surface area contributed by atoms with Crippen LogP contribution in [0, 0.1) is 0 Å². The van der Waals surface area contributed by atoms with Crippen LogP contribution in [0.5, 0.6) is 5.75 Å². The van der Waals surface area contributed by atoms with E-state index in [1.807, 2.05) is 0 Å². The van der Waals surface area contributed by atoms with Crippen molar-refractivity contribution in [1.82, 2.24) is 4.90 Å². The third-order valence-electron chi connectivity index (χ3n) is 4.69. The zero-order valence-electron chi connectivity index (χ0n) is 14.5. The van der Waals surface area contributed by atoms with Gasteiger partial charge in [-0.25, -0.2) is 13.8 Å². The van der Waals surface area contributed by atoms with Gasteiger partial charge in [0.05, 0.1) is 10.8 Å². The van der Waals surface area contributed by atoms with Crippen molar-refractivity contribution in [2.24, 2.45) is 10.7 Å². The highest BCUT2D eigenvalue weighted by Gasteiger charge is 2.49. The summed E-state index contributed by atoms with van der Waals surface area (Å²) in [5.41, 5.74) is 5.16. The summed E-state index contributed by atoms with van der Waals surface area (Å²) in [6, 6.07) is 7.14. The van der Waals surface area contributed by atoms with Crippen LogP contribution in [0.4, 0.5) is 8.78 Å². The first-order chi connectivity index (χ1) is 12.1. The lowest BCUT2D eigenvalue weighted by molar-refractivity contribution is -0.130. The Labute approximate surface area is 153 Å². The Morgan fingerprint density at radius 2 is 1.92 bits per heavy atom. The lowest BCUT2D eigenvalue weighted by Crippen LogP contribution is -2.52. The number of carbonyl (C=O) groups is 1. The summed E-state index contributed by atoms with van der Waals surface area (Å²) >= 11 is 1.26. The number of aromatic hydroxyl groups is 1. The van der Waals surface area contributed by atoms with E-state index in [0.717, 1.165) is 6.92 Å². The molecule has 1 aliphatic heterocycles. The van der Waals surface area contributed by atoms with Crippen LogP contribution in [0.15, 0.2) is 40.7 Å². The molecule has 0 spiro atoms. The van der Waals surface area contributed by atoms with Crippen molar-refractivity contribution in [2.45, 2.75) is 31.2 Å². The highest BCUT2D eigenvalue weighted by Crippen LogP contribution is 2.48. The first kappa shape index (κ1) is 18.3. The zero-order chi connectivity index (χ0) is 19.3. The molecule has 2 aromatic rings. The molecule has 2 heterocycles. The Morgan fingerprint density at radius 3 is 2.42 bits per heavy atom. The molecule has 1 unspecified atom stereocenters. The van der Waals surface area contributed by atoms with Gasteiger partial charge in [-0.15, -0.1) is 11.3 Å². The second-order valence-electron chi connectivity index (χ2n) is 6.59. The monoisotopic (exact) mass is 379 g/mol. The van der Waals surface area contributed by atoms with Crippen LogP contribution < -0.4 is 5.73 Å². The number of amides is 1. The Morgan fingerprint density at radius 1 is 1.31 bits per heavy atom. The van der Waals surface area contributed by atoms with Gasteiger partial charge in [0, 0.05) is 19.5 Å². The van der Waals surface area contributed by atoms with Crippen LogP contribution in [-0.4, -0.2) is 28.9 Å². The molecule has 2 atom stereocenters. The molecule has 0 saturated carbocycles. The van der Waals surface area contributed by atoms with E-state index < -0.39 is 17.4 Å². The third-order valence-corrected chi connectivity index (χ3v) is 5.82. The number of hydrogen-bond acceptors (Lipinski definition) is 5. The third kappa shape index (κ3) is 2.84. The molecule has 0 radical (unpaired) electrons. The molecule has 8 heteroatoms. The maximum absolute atomic E-state index is 13.5. The van der Waals surface area contributed by atoms with Crippen molar-refractivity contribution in [3.05, 3.63) is 51.7 Å². The molecular weight excluding hydrogens is 360 g/mol. The number of carbonyl (C=O) groups excluding carboxylic acids is 1. The smallest absolute Gasteiger partial charge is 0.270 e. The number of hydrogen-bond donors (Lipinski definition) is 2. The Bertz CT molecular complexity index is 873. The number of guanidine groups is 1. The molecular formula is C18H19F2N3O2S. The van der Waals surface area contributed by atoms with Crippen molar-refractivity contribution in [3.63, 3.8) is 0 Å². The lowest BCUT2D eigenvalue weighted by atomic mass is 9.77. The van der Waals surface area contributed by atoms with E-state index in [4.69, 9.17) is 5.73 Å². The van der Waals surface area contributed by atoms with Crippen LogP contribution in [0.25, 0.3) is 0 Å². The van der Waals surface area contributed by atoms with Crippen molar-refractivity contribution in [2.75, 3.05) is 7.05 Å². The number of nitrogens with zero attached hydrogens (tertiary/aromatic N) is 2. The summed E-state index contributed by atoms with van der Waals surface area (Å²) in [5, 5.41) is 11.9. The number of rotatable bonds is 3. The molecule has 0 fully saturated rings. The fourth-order valence-electron chi connectivity index (χ4n) is 3.22. The van der Waals surface area contributed by atoms with Gasteiger partial charge in [-0.2, -0.15) is 0 Å². The average molecular weight is 379 g/mol. The number of likely N-dealkylation sites (N-methyl/N-ethyl adjacent to an activating group) is 1. The number of halogens is 2. The molecule has 0 bridgehead atoms. The Balaban J connectivity index is 2.16. The summed E-state index contributed by atoms with van der Waals surface area (Å²) in [5.74, 6) is -4.02. The number of nitrogens with two attached hydrogens (primary N) is 1. The maximum atomic E-state index is 13.5. The predicted octanol–water partition coefficient (Wildman–Crippen LogP) is 3.35. The minimum absolute atomic E-state index is 0.0214. The van der Waals surface area contributed by atoms with E-state index in [1.165, 1.54) is 53.6 Å². The van der Waals surface area contributed by atoms with Gasteiger partial charge < -0.3 is 10.8 Å². The molecule has 1 aromatic carbocycles. The summed E-state index contributed by atoms with van der Waals surface area (Å²) in [4.78, 5) is 19.2. The largest absolute Gasteiger partial charge is 0.507 e. The van der Waals surface area contributed by atoms with Gasteiger partial charge in [-0.3, -0.25) is 9.69 Å². The summed E-state index contributed by atoms with van der Waals surface area (Å²) in [6.07, 6.45) is 0. The van der Waals surface area contributed by atoms with Crippen LogP contribution in [-0.2, 0) is 16.3 Å². The summed E-state index contributed by atoms with van der Waals surface area (Å²) < 4.78 is 27.0. The lowest BCUT2D eigenvalue weighted by Gasteiger charge is -2.40. The van der Waals surface area contributed by atoms with Gasteiger partial charge in [-0.1, -0.05) is 24.3 Å². The van der Waals surface area contributed by atoms with Gasteiger partial charge in [0.2, 0.25) is 5.91 Å². The molecule has 5 nitrogen and oxygen atoms in total. The van der Waals surface area contributed by atoms with E-state index >= 15 is 0 Å². The number of thiophene rings is 1. The molecule has 26 heavy (non-hydrogen) atoms. The average Bonchev–Trinajstić information content (AvgIpc) is 2.99. The first-order valence-electron chi connectivity index (χ1n) is 7.94. The van der Waals surface area contributed by atoms with Gasteiger partial charge in [-0.05, 0) is 23.9 Å². The number of alkyl halides is 2. The molecule has 0 saturated heterocycles. The van der Waals surface area contributed by atoms with Crippen molar-refractivity contribution in [3.8, 4) is 5.75 Å². The van der Waals surface area contributed by atoms with Crippen LogP contribution in [0.1, 0.15) is 35.8 Å². The minimum Gasteiger partial charge on any atom is -0.507 e. The fourth-order valence-corrected chi connectivity index (χ4v) is 4.15. The molecule has 3 N–H and O–H groups in total. The second-order valence-corrected chi connectivity index (χ2v) is 7.51. The van der Waals surface area contributed by atoms with E-state index in [-0.39, 0.29) is 23.2 Å². The normalized spacial score (nSPS) is 23.9. The zero-order valence-corrected chi connectivity index (χ0v) is 15.3. The highest BCUT2D eigenvalue weighted by atomic mass is 32.1.